The van der Waals surface area contributed by atoms with Crippen LogP contribution in [0.2, 0.25) is 0 Å². The van der Waals surface area contributed by atoms with E-state index in [-0.39, 0.29) is 36.4 Å². The number of benzene rings is 1. The Balaban J connectivity index is 0.00000220. The zero-order valence-corrected chi connectivity index (χ0v) is 14.7. The molecule has 0 atom stereocenters. The lowest BCUT2D eigenvalue weighted by atomic mass is 10.2. The Morgan fingerprint density at radius 1 is 1.38 bits per heavy atom. The maximum absolute atomic E-state index is 12.2. The van der Waals surface area contributed by atoms with Crippen LogP contribution in [-0.2, 0) is 11.3 Å². The van der Waals surface area contributed by atoms with Crippen LogP contribution in [0.3, 0.4) is 0 Å². The number of likely N-dealkylation sites (N-methyl/N-ethyl adjacent to an activating group) is 1. The molecule has 0 saturated carbocycles. The second kappa shape index (κ2) is 9.59. The zero-order chi connectivity index (χ0) is 14.2. The van der Waals surface area contributed by atoms with Gasteiger partial charge in [-0.05, 0) is 18.9 Å². The van der Waals surface area contributed by atoms with Gasteiger partial charge in [-0.3, -0.25) is 9.79 Å². The molecule has 1 amide bonds. The van der Waals surface area contributed by atoms with Gasteiger partial charge in [-0.2, -0.15) is 0 Å². The fourth-order valence-corrected chi connectivity index (χ4v) is 2.10. The average molecular weight is 402 g/mol. The van der Waals surface area contributed by atoms with Crippen molar-refractivity contribution in [1.82, 2.24) is 15.5 Å². The number of nitrogens with zero attached hydrogens (tertiary/aromatic N) is 2. The minimum Gasteiger partial charge on any atom is -0.356 e. The van der Waals surface area contributed by atoms with Gasteiger partial charge in [-0.15, -0.1) is 24.0 Å². The van der Waals surface area contributed by atoms with Gasteiger partial charge >= 0.3 is 0 Å². The van der Waals surface area contributed by atoms with E-state index in [1.807, 2.05) is 42.2 Å². The van der Waals surface area contributed by atoms with Crippen LogP contribution in [0, 0.1) is 0 Å². The van der Waals surface area contributed by atoms with Crippen molar-refractivity contribution in [2.45, 2.75) is 19.9 Å². The molecule has 0 aliphatic carbocycles. The van der Waals surface area contributed by atoms with Crippen LogP contribution in [0.25, 0.3) is 0 Å². The predicted octanol–water partition coefficient (Wildman–Crippen LogP) is 1.59. The predicted molar refractivity (Wildman–Crippen MR) is 95.9 cm³/mol. The molecular formula is C15H23IN4O. The van der Waals surface area contributed by atoms with Crippen LogP contribution in [0.5, 0.6) is 0 Å². The van der Waals surface area contributed by atoms with E-state index in [0.717, 1.165) is 31.0 Å². The average Bonchev–Trinajstić information content (AvgIpc) is 2.52. The monoisotopic (exact) mass is 402 g/mol. The molecular weight excluding hydrogens is 379 g/mol. The maximum atomic E-state index is 12.2. The molecule has 0 bridgehead atoms. The summed E-state index contributed by atoms with van der Waals surface area (Å²) in [6.45, 7) is 5.38. The van der Waals surface area contributed by atoms with Crippen molar-refractivity contribution >= 4 is 35.8 Å². The van der Waals surface area contributed by atoms with Gasteiger partial charge < -0.3 is 15.5 Å². The van der Waals surface area contributed by atoms with Gasteiger partial charge in [0.1, 0.15) is 0 Å². The van der Waals surface area contributed by atoms with Gasteiger partial charge in [-0.25, -0.2) is 0 Å². The Morgan fingerprint density at radius 2 is 2.14 bits per heavy atom. The minimum atomic E-state index is 0. The Morgan fingerprint density at radius 3 is 2.76 bits per heavy atom. The van der Waals surface area contributed by atoms with Crippen LogP contribution in [-0.4, -0.2) is 42.9 Å². The molecule has 1 aliphatic heterocycles. The first-order valence-corrected chi connectivity index (χ1v) is 7.13. The van der Waals surface area contributed by atoms with E-state index in [1.165, 1.54) is 0 Å². The van der Waals surface area contributed by atoms with Gasteiger partial charge in [0.05, 0.1) is 6.54 Å². The van der Waals surface area contributed by atoms with Crippen molar-refractivity contribution in [3.63, 3.8) is 0 Å². The first-order chi connectivity index (χ1) is 9.79. The number of guanidine groups is 1. The van der Waals surface area contributed by atoms with E-state index < -0.39 is 0 Å². The molecule has 1 aromatic carbocycles. The molecule has 0 radical (unpaired) electrons. The summed E-state index contributed by atoms with van der Waals surface area (Å²) >= 11 is 0. The van der Waals surface area contributed by atoms with Crippen molar-refractivity contribution < 1.29 is 4.79 Å². The molecule has 2 rings (SSSR count). The molecule has 21 heavy (non-hydrogen) atoms. The molecule has 2 N–H and O–H groups in total. The second-order valence-corrected chi connectivity index (χ2v) is 4.76. The van der Waals surface area contributed by atoms with Crippen molar-refractivity contribution in [2.24, 2.45) is 4.99 Å². The van der Waals surface area contributed by atoms with Crippen LogP contribution in [0.15, 0.2) is 35.3 Å². The molecule has 0 unspecified atom stereocenters. The normalized spacial score (nSPS) is 13.5. The first kappa shape index (κ1) is 17.7. The molecule has 1 heterocycles. The highest BCUT2D eigenvalue weighted by molar-refractivity contribution is 14.0. The molecule has 6 heteroatoms. The third-order valence-corrected chi connectivity index (χ3v) is 3.25. The fourth-order valence-electron chi connectivity index (χ4n) is 2.10. The molecule has 0 fully saturated rings. The number of carbonyl (C=O) groups is 1. The zero-order valence-electron chi connectivity index (χ0n) is 12.3. The number of hydrogen-bond donors (Lipinski definition) is 2. The van der Waals surface area contributed by atoms with Crippen molar-refractivity contribution in [3.05, 3.63) is 35.9 Å². The number of halogens is 1. The van der Waals surface area contributed by atoms with E-state index in [9.17, 15) is 4.79 Å². The second-order valence-electron chi connectivity index (χ2n) is 4.76. The number of rotatable bonds is 5. The largest absolute Gasteiger partial charge is 0.356 e. The van der Waals surface area contributed by atoms with Gasteiger partial charge in [0.2, 0.25) is 5.91 Å². The number of carbonyl (C=O) groups excluding carboxylic acids is 1. The molecule has 0 saturated heterocycles. The number of amides is 1. The van der Waals surface area contributed by atoms with E-state index in [4.69, 9.17) is 0 Å². The summed E-state index contributed by atoms with van der Waals surface area (Å²) in [6.07, 6.45) is 1.05. The Kier molecular flexibility index (Phi) is 8.11. The summed E-state index contributed by atoms with van der Waals surface area (Å²) in [6, 6.07) is 10.0. The van der Waals surface area contributed by atoms with Crippen molar-refractivity contribution in [3.8, 4) is 0 Å². The summed E-state index contributed by atoms with van der Waals surface area (Å²) in [5.41, 5.74) is 1.15. The number of nitrogens with one attached hydrogen (secondary N) is 2. The van der Waals surface area contributed by atoms with Crippen LogP contribution < -0.4 is 10.6 Å². The SMILES string of the molecule is CCN(Cc1ccccc1)C(=O)CNC1=NCCCN1.I. The quantitative estimate of drug-likeness (QED) is 0.736. The summed E-state index contributed by atoms with van der Waals surface area (Å²) in [7, 11) is 0. The standard InChI is InChI=1S/C15H22N4O.HI/c1-2-19(12-13-7-4-3-5-8-13)14(20)11-18-15-16-9-6-10-17-15;/h3-5,7-8H,2,6,9-12H2,1H3,(H2,16,17,18);1H. The minimum absolute atomic E-state index is 0. The van der Waals surface area contributed by atoms with Crippen LogP contribution in [0.4, 0.5) is 0 Å². The Labute approximate surface area is 143 Å². The molecule has 0 spiro atoms. The third-order valence-electron chi connectivity index (χ3n) is 3.25. The van der Waals surface area contributed by atoms with E-state index in [1.54, 1.807) is 0 Å². The topological polar surface area (TPSA) is 56.7 Å². The molecule has 0 aromatic heterocycles. The van der Waals surface area contributed by atoms with E-state index >= 15 is 0 Å². The number of hydrogen-bond acceptors (Lipinski definition) is 4. The Bertz CT molecular complexity index is 464. The van der Waals surface area contributed by atoms with E-state index in [2.05, 4.69) is 15.6 Å². The molecule has 1 aliphatic rings. The number of aliphatic imine (C=N–C) groups is 1. The molecule has 5 nitrogen and oxygen atoms in total. The van der Waals surface area contributed by atoms with Crippen LogP contribution >= 0.6 is 24.0 Å². The lowest BCUT2D eigenvalue weighted by Gasteiger charge is -2.22. The van der Waals surface area contributed by atoms with Crippen molar-refractivity contribution in [2.75, 3.05) is 26.2 Å². The van der Waals surface area contributed by atoms with Gasteiger partial charge in [-0.1, -0.05) is 30.3 Å². The molecule has 1 aromatic rings. The van der Waals surface area contributed by atoms with E-state index in [0.29, 0.717) is 13.1 Å². The summed E-state index contributed by atoms with van der Waals surface area (Å²) in [5, 5.41) is 6.22. The summed E-state index contributed by atoms with van der Waals surface area (Å²) < 4.78 is 0. The fraction of sp³-hybridized carbons (Fsp3) is 0.467. The third kappa shape index (κ3) is 5.91. The summed E-state index contributed by atoms with van der Waals surface area (Å²) in [4.78, 5) is 18.3. The van der Waals surface area contributed by atoms with Gasteiger partial charge in [0.15, 0.2) is 5.96 Å². The lowest BCUT2D eigenvalue weighted by molar-refractivity contribution is -0.130. The smallest absolute Gasteiger partial charge is 0.242 e. The Hall–Kier alpha value is -1.31. The highest BCUT2D eigenvalue weighted by Gasteiger charge is 2.13. The van der Waals surface area contributed by atoms with Crippen molar-refractivity contribution in [1.29, 1.82) is 0 Å². The highest BCUT2D eigenvalue weighted by Crippen LogP contribution is 2.04. The lowest BCUT2D eigenvalue weighted by Crippen LogP contribution is -2.46. The first-order valence-electron chi connectivity index (χ1n) is 7.13. The van der Waals surface area contributed by atoms with Gasteiger partial charge in [0, 0.05) is 26.2 Å². The summed E-state index contributed by atoms with van der Waals surface area (Å²) in [5.74, 6) is 0.826. The van der Waals surface area contributed by atoms with Crippen LogP contribution in [0.1, 0.15) is 18.9 Å². The molecule has 116 valence electrons. The van der Waals surface area contributed by atoms with Gasteiger partial charge in [0.25, 0.3) is 0 Å². The maximum Gasteiger partial charge on any atom is 0.242 e. The highest BCUT2D eigenvalue weighted by atomic mass is 127.